The fraction of sp³-hybridized carbons (Fsp3) is 0.364. The molecule has 5 nitrogen and oxygen atoms in total. The first-order valence-corrected chi connectivity index (χ1v) is 6.30. The lowest BCUT2D eigenvalue weighted by Gasteiger charge is -2.16. The Balaban J connectivity index is 2.35. The number of hydrogen-bond donors (Lipinski definition) is 1. The van der Waals surface area contributed by atoms with E-state index < -0.39 is 5.97 Å². The van der Waals surface area contributed by atoms with Gasteiger partial charge in [0.15, 0.2) is 0 Å². The quantitative estimate of drug-likeness (QED) is 0.859. The number of carbonyl (C=O) groups excluding carboxylic acids is 1. The Bertz CT molecular complexity index is 464. The number of aromatic nitrogens is 1. The maximum absolute atomic E-state index is 11.8. The van der Waals surface area contributed by atoms with E-state index in [4.69, 9.17) is 5.11 Å². The zero-order valence-corrected chi connectivity index (χ0v) is 10.6. The molecule has 0 radical (unpaired) electrons. The summed E-state index contributed by atoms with van der Waals surface area (Å²) >= 11 is 3.34. The van der Waals surface area contributed by atoms with Crippen molar-refractivity contribution in [3.63, 3.8) is 0 Å². The molecular formula is C11H11BrN2O3. The molecule has 2 heterocycles. The van der Waals surface area contributed by atoms with Crippen LogP contribution in [0, 0.1) is 5.92 Å². The Morgan fingerprint density at radius 1 is 1.65 bits per heavy atom. The van der Waals surface area contributed by atoms with Gasteiger partial charge in [-0.1, -0.05) is 15.9 Å². The minimum absolute atomic E-state index is 0.0658. The zero-order chi connectivity index (χ0) is 12.4. The van der Waals surface area contributed by atoms with Crippen LogP contribution in [0.15, 0.2) is 18.3 Å². The van der Waals surface area contributed by atoms with Gasteiger partial charge in [-0.25, -0.2) is 9.78 Å². The van der Waals surface area contributed by atoms with Gasteiger partial charge in [-0.2, -0.15) is 0 Å². The minimum atomic E-state index is -1.07. The summed E-state index contributed by atoms with van der Waals surface area (Å²) in [4.78, 5) is 28.3. The van der Waals surface area contributed by atoms with E-state index in [0.29, 0.717) is 13.0 Å². The smallest absolute Gasteiger partial charge is 0.339 e. The molecule has 1 aromatic heterocycles. The van der Waals surface area contributed by atoms with Gasteiger partial charge in [-0.05, 0) is 18.1 Å². The number of alkyl halides is 1. The molecule has 0 aromatic carbocycles. The number of pyridine rings is 1. The molecule has 1 aliphatic rings. The van der Waals surface area contributed by atoms with E-state index in [9.17, 15) is 9.59 Å². The van der Waals surface area contributed by atoms with Crippen molar-refractivity contribution in [1.29, 1.82) is 0 Å². The third kappa shape index (κ3) is 2.31. The van der Waals surface area contributed by atoms with Gasteiger partial charge in [0.25, 0.3) is 0 Å². The summed E-state index contributed by atoms with van der Waals surface area (Å²) < 4.78 is 0. The molecule has 1 N–H and O–H groups in total. The summed E-state index contributed by atoms with van der Waals surface area (Å²) in [5.41, 5.74) is 0.0658. The van der Waals surface area contributed by atoms with Crippen LogP contribution in [0.3, 0.4) is 0 Å². The van der Waals surface area contributed by atoms with Crippen LogP contribution in [0.5, 0.6) is 0 Å². The average molecular weight is 299 g/mol. The fourth-order valence-corrected chi connectivity index (χ4v) is 2.30. The van der Waals surface area contributed by atoms with Gasteiger partial charge < -0.3 is 5.11 Å². The van der Waals surface area contributed by atoms with Crippen LogP contribution in [0.2, 0.25) is 0 Å². The highest BCUT2D eigenvalue weighted by atomic mass is 79.9. The molecule has 1 unspecified atom stereocenters. The van der Waals surface area contributed by atoms with Gasteiger partial charge in [0.2, 0.25) is 5.91 Å². The molecule has 6 heteroatoms. The molecule has 0 spiro atoms. The molecule has 1 aromatic rings. The highest BCUT2D eigenvalue weighted by Gasteiger charge is 2.32. The monoisotopic (exact) mass is 298 g/mol. The van der Waals surface area contributed by atoms with Crippen molar-refractivity contribution in [2.24, 2.45) is 5.92 Å². The van der Waals surface area contributed by atoms with Crippen molar-refractivity contribution in [3.05, 3.63) is 23.9 Å². The molecule has 1 fully saturated rings. The van der Waals surface area contributed by atoms with E-state index in [1.165, 1.54) is 17.2 Å². The molecule has 1 atom stereocenters. The molecule has 17 heavy (non-hydrogen) atoms. The largest absolute Gasteiger partial charge is 0.478 e. The average Bonchev–Trinajstić information content (AvgIpc) is 2.70. The van der Waals surface area contributed by atoms with Crippen molar-refractivity contribution in [2.75, 3.05) is 16.8 Å². The van der Waals surface area contributed by atoms with Crippen molar-refractivity contribution in [1.82, 2.24) is 4.98 Å². The normalized spacial score (nSPS) is 19.7. The maximum Gasteiger partial charge on any atom is 0.339 e. The maximum atomic E-state index is 11.8. The Hall–Kier alpha value is -1.43. The fourth-order valence-electron chi connectivity index (χ4n) is 1.87. The topological polar surface area (TPSA) is 70.5 Å². The van der Waals surface area contributed by atoms with E-state index in [0.717, 1.165) is 5.33 Å². The number of halogens is 1. The molecule has 90 valence electrons. The molecule has 0 saturated carbocycles. The first kappa shape index (κ1) is 12.0. The van der Waals surface area contributed by atoms with Gasteiger partial charge in [-0.3, -0.25) is 9.69 Å². The third-order valence-electron chi connectivity index (χ3n) is 2.70. The first-order chi connectivity index (χ1) is 8.13. The Labute approximate surface area is 107 Å². The number of nitrogens with zero attached hydrogens (tertiary/aromatic N) is 2. The van der Waals surface area contributed by atoms with Crippen molar-refractivity contribution < 1.29 is 14.7 Å². The second kappa shape index (κ2) is 4.83. The predicted molar refractivity (Wildman–Crippen MR) is 65.5 cm³/mol. The van der Waals surface area contributed by atoms with Crippen molar-refractivity contribution >= 4 is 33.6 Å². The number of amides is 1. The SMILES string of the molecule is O=C(O)c1cccnc1N1CC(CBr)CC1=O. The van der Waals surface area contributed by atoms with Crippen molar-refractivity contribution in [2.45, 2.75) is 6.42 Å². The van der Waals surface area contributed by atoms with Gasteiger partial charge in [0.1, 0.15) is 11.4 Å². The Kier molecular flexibility index (Phi) is 3.42. The Morgan fingerprint density at radius 2 is 2.41 bits per heavy atom. The summed E-state index contributed by atoms with van der Waals surface area (Å²) in [5, 5.41) is 9.77. The molecular weight excluding hydrogens is 288 g/mol. The minimum Gasteiger partial charge on any atom is -0.478 e. The number of carboxylic acid groups (broad SMARTS) is 1. The second-order valence-corrected chi connectivity index (χ2v) is 4.56. The standard InChI is InChI=1S/C11H11BrN2O3/c12-5-7-4-9(15)14(6-7)10-8(11(16)17)2-1-3-13-10/h1-3,7H,4-6H2,(H,16,17). The van der Waals surface area contributed by atoms with Crippen LogP contribution in [0.4, 0.5) is 5.82 Å². The lowest BCUT2D eigenvalue weighted by atomic mass is 10.2. The molecule has 0 aliphatic carbocycles. The van der Waals surface area contributed by atoms with Crippen LogP contribution >= 0.6 is 15.9 Å². The molecule has 2 rings (SSSR count). The highest BCUT2D eigenvalue weighted by molar-refractivity contribution is 9.09. The number of anilines is 1. The lowest BCUT2D eigenvalue weighted by molar-refractivity contribution is -0.117. The summed E-state index contributed by atoms with van der Waals surface area (Å²) in [6, 6.07) is 3.01. The number of carbonyl (C=O) groups is 2. The third-order valence-corrected chi connectivity index (χ3v) is 3.61. The van der Waals surface area contributed by atoms with E-state index in [1.54, 1.807) is 6.07 Å². The number of rotatable bonds is 3. The van der Waals surface area contributed by atoms with E-state index in [2.05, 4.69) is 20.9 Å². The van der Waals surface area contributed by atoms with Crippen LogP contribution in [0.1, 0.15) is 16.8 Å². The summed E-state index contributed by atoms with van der Waals surface area (Å²) in [6.07, 6.45) is 1.93. The molecule has 1 amide bonds. The zero-order valence-electron chi connectivity index (χ0n) is 8.97. The number of carboxylic acids is 1. The Morgan fingerprint density at radius 3 is 3.00 bits per heavy atom. The summed E-state index contributed by atoms with van der Waals surface area (Å²) in [5.74, 6) is -0.682. The second-order valence-electron chi connectivity index (χ2n) is 3.91. The van der Waals surface area contributed by atoms with E-state index in [-0.39, 0.29) is 23.2 Å². The van der Waals surface area contributed by atoms with Crippen LogP contribution in [0.25, 0.3) is 0 Å². The molecule has 1 saturated heterocycles. The first-order valence-electron chi connectivity index (χ1n) is 5.18. The lowest BCUT2D eigenvalue weighted by Crippen LogP contribution is -2.27. The van der Waals surface area contributed by atoms with Gasteiger partial charge >= 0.3 is 5.97 Å². The predicted octanol–water partition coefficient (Wildman–Crippen LogP) is 1.53. The number of aromatic carboxylic acids is 1. The van der Waals surface area contributed by atoms with Crippen LogP contribution < -0.4 is 4.90 Å². The van der Waals surface area contributed by atoms with E-state index >= 15 is 0 Å². The van der Waals surface area contributed by atoms with Gasteiger partial charge in [0.05, 0.1) is 0 Å². The van der Waals surface area contributed by atoms with Crippen molar-refractivity contribution in [3.8, 4) is 0 Å². The summed E-state index contributed by atoms with van der Waals surface area (Å²) in [6.45, 7) is 0.515. The number of hydrogen-bond acceptors (Lipinski definition) is 3. The van der Waals surface area contributed by atoms with E-state index in [1.807, 2.05) is 0 Å². The van der Waals surface area contributed by atoms with Gasteiger partial charge in [-0.15, -0.1) is 0 Å². The molecule has 0 bridgehead atoms. The van der Waals surface area contributed by atoms with Crippen LogP contribution in [-0.2, 0) is 4.79 Å². The molecule has 1 aliphatic heterocycles. The summed E-state index contributed by atoms with van der Waals surface area (Å²) in [7, 11) is 0. The van der Waals surface area contributed by atoms with Crippen LogP contribution in [-0.4, -0.2) is 33.8 Å². The van der Waals surface area contributed by atoms with Gasteiger partial charge in [0, 0.05) is 24.5 Å². The highest BCUT2D eigenvalue weighted by Crippen LogP contribution is 2.26.